The van der Waals surface area contributed by atoms with Crippen LogP contribution in [-0.2, 0) is 16.1 Å². The Morgan fingerprint density at radius 2 is 2.11 bits per heavy atom. The van der Waals surface area contributed by atoms with Crippen molar-refractivity contribution in [2.75, 3.05) is 31.2 Å². The lowest BCUT2D eigenvalue weighted by Crippen LogP contribution is -2.36. The van der Waals surface area contributed by atoms with E-state index < -0.39 is 24.0 Å². The van der Waals surface area contributed by atoms with Crippen LogP contribution in [0.15, 0.2) is 30.6 Å². The SMILES string of the molecule is O=C(OCc1nccn1C(F)F)c1ccc(N2CCOCC2)c([N+](=O)[O-])c1. The average Bonchev–Trinajstić information content (AvgIpc) is 3.15. The van der Waals surface area contributed by atoms with Crippen LogP contribution >= 0.6 is 0 Å². The fourth-order valence-electron chi connectivity index (χ4n) is 2.72. The van der Waals surface area contributed by atoms with Crippen molar-refractivity contribution < 1.29 is 28.0 Å². The predicted octanol–water partition coefficient (Wildman–Crippen LogP) is 2.38. The third-order valence-electron chi connectivity index (χ3n) is 4.05. The van der Waals surface area contributed by atoms with Gasteiger partial charge in [-0.15, -0.1) is 0 Å². The van der Waals surface area contributed by atoms with Crippen LogP contribution in [-0.4, -0.2) is 46.7 Å². The molecular formula is C16H16F2N4O5. The molecule has 1 fully saturated rings. The predicted molar refractivity (Wildman–Crippen MR) is 88.7 cm³/mol. The van der Waals surface area contributed by atoms with Crippen molar-refractivity contribution in [3.8, 4) is 0 Å². The summed E-state index contributed by atoms with van der Waals surface area (Å²) in [6.45, 7) is -1.37. The topological polar surface area (TPSA) is 99.7 Å². The molecule has 0 amide bonds. The molecule has 0 bridgehead atoms. The van der Waals surface area contributed by atoms with Crippen LogP contribution in [0.1, 0.15) is 22.7 Å². The summed E-state index contributed by atoms with van der Waals surface area (Å²) in [5.41, 5.74) is 0.0994. The number of rotatable bonds is 6. The molecule has 1 aromatic carbocycles. The molecule has 0 aliphatic carbocycles. The van der Waals surface area contributed by atoms with Crippen LogP contribution in [0.2, 0.25) is 0 Å². The lowest BCUT2D eigenvalue weighted by Gasteiger charge is -2.28. The van der Waals surface area contributed by atoms with Crippen molar-refractivity contribution >= 4 is 17.3 Å². The van der Waals surface area contributed by atoms with E-state index in [9.17, 15) is 23.7 Å². The zero-order valence-electron chi connectivity index (χ0n) is 14.1. The Morgan fingerprint density at radius 3 is 2.78 bits per heavy atom. The summed E-state index contributed by atoms with van der Waals surface area (Å²) in [4.78, 5) is 28.5. The monoisotopic (exact) mass is 382 g/mol. The summed E-state index contributed by atoms with van der Waals surface area (Å²) in [5.74, 6) is -0.992. The molecule has 3 rings (SSSR count). The Bertz CT molecular complexity index is 836. The van der Waals surface area contributed by atoms with Crippen LogP contribution in [0.4, 0.5) is 20.2 Å². The van der Waals surface area contributed by atoms with Gasteiger partial charge in [-0.2, -0.15) is 8.78 Å². The maximum atomic E-state index is 12.8. The summed E-state index contributed by atoms with van der Waals surface area (Å²) >= 11 is 0. The number of imidazole rings is 1. The van der Waals surface area contributed by atoms with Crippen molar-refractivity contribution in [1.29, 1.82) is 0 Å². The molecule has 9 nitrogen and oxygen atoms in total. The normalized spacial score (nSPS) is 14.4. The summed E-state index contributed by atoms with van der Waals surface area (Å²) in [5, 5.41) is 11.4. The number of aromatic nitrogens is 2. The quantitative estimate of drug-likeness (QED) is 0.430. The fourth-order valence-corrected chi connectivity index (χ4v) is 2.72. The highest BCUT2D eigenvalue weighted by Crippen LogP contribution is 2.30. The average molecular weight is 382 g/mol. The molecule has 2 aromatic rings. The van der Waals surface area contributed by atoms with Gasteiger partial charge in [0.25, 0.3) is 5.69 Å². The van der Waals surface area contributed by atoms with Gasteiger partial charge in [0.2, 0.25) is 0 Å². The number of carbonyl (C=O) groups excluding carboxylic acids is 1. The van der Waals surface area contributed by atoms with E-state index in [1.165, 1.54) is 12.1 Å². The number of esters is 1. The van der Waals surface area contributed by atoms with Crippen molar-refractivity contribution in [2.24, 2.45) is 0 Å². The highest BCUT2D eigenvalue weighted by Gasteiger charge is 2.24. The summed E-state index contributed by atoms with van der Waals surface area (Å²) in [6.07, 6.45) is 2.23. The molecule has 144 valence electrons. The Morgan fingerprint density at radius 1 is 1.37 bits per heavy atom. The molecule has 27 heavy (non-hydrogen) atoms. The number of hydrogen-bond acceptors (Lipinski definition) is 7. The van der Waals surface area contributed by atoms with Crippen LogP contribution in [0, 0.1) is 10.1 Å². The standard InChI is InChI=1S/C16H16F2N4O5/c17-16(18)21-4-3-19-14(21)10-27-15(23)11-1-2-12(13(9-11)22(24)25)20-5-7-26-8-6-20/h1-4,9,16H,5-8,10H2. The number of anilines is 1. The first-order valence-electron chi connectivity index (χ1n) is 8.05. The summed E-state index contributed by atoms with van der Waals surface area (Å²) in [7, 11) is 0. The molecule has 1 aromatic heterocycles. The zero-order chi connectivity index (χ0) is 19.4. The van der Waals surface area contributed by atoms with E-state index in [1.807, 2.05) is 0 Å². The van der Waals surface area contributed by atoms with E-state index in [1.54, 1.807) is 4.90 Å². The number of morpholine rings is 1. The molecule has 0 spiro atoms. The Balaban J connectivity index is 1.75. The molecule has 0 unspecified atom stereocenters. The Kier molecular flexibility index (Phi) is 5.60. The molecule has 0 radical (unpaired) electrons. The molecule has 0 atom stereocenters. The fraction of sp³-hybridized carbons (Fsp3) is 0.375. The first kappa shape index (κ1) is 18.7. The second kappa shape index (κ2) is 8.08. The van der Waals surface area contributed by atoms with Crippen LogP contribution in [0.5, 0.6) is 0 Å². The molecule has 0 N–H and O–H groups in total. The summed E-state index contributed by atoms with van der Waals surface area (Å²) in [6, 6.07) is 3.99. The van der Waals surface area contributed by atoms with Crippen molar-refractivity contribution in [1.82, 2.24) is 9.55 Å². The smallest absolute Gasteiger partial charge is 0.338 e. The van der Waals surface area contributed by atoms with Crippen molar-refractivity contribution in [3.05, 3.63) is 52.1 Å². The van der Waals surface area contributed by atoms with Gasteiger partial charge < -0.3 is 14.4 Å². The van der Waals surface area contributed by atoms with Gasteiger partial charge in [-0.25, -0.2) is 9.78 Å². The molecule has 1 aliphatic heterocycles. The van der Waals surface area contributed by atoms with Gasteiger partial charge in [-0.05, 0) is 12.1 Å². The van der Waals surface area contributed by atoms with E-state index in [0.29, 0.717) is 36.6 Å². The third kappa shape index (κ3) is 4.19. The van der Waals surface area contributed by atoms with Gasteiger partial charge in [-0.3, -0.25) is 14.7 Å². The number of nitro benzene ring substituents is 1. The Labute approximate surface area is 152 Å². The number of ether oxygens (including phenoxy) is 2. The number of nitrogens with zero attached hydrogens (tertiary/aromatic N) is 4. The van der Waals surface area contributed by atoms with E-state index in [2.05, 4.69) is 4.98 Å². The van der Waals surface area contributed by atoms with Gasteiger partial charge in [0.15, 0.2) is 5.82 Å². The summed E-state index contributed by atoms with van der Waals surface area (Å²) < 4.78 is 36.3. The van der Waals surface area contributed by atoms with Gasteiger partial charge >= 0.3 is 12.5 Å². The highest BCUT2D eigenvalue weighted by atomic mass is 19.3. The van der Waals surface area contributed by atoms with Crippen LogP contribution < -0.4 is 4.90 Å². The minimum absolute atomic E-state index is 0.0473. The molecule has 2 heterocycles. The molecule has 1 saturated heterocycles. The van der Waals surface area contributed by atoms with Crippen LogP contribution in [0.25, 0.3) is 0 Å². The second-order valence-electron chi connectivity index (χ2n) is 5.66. The van der Waals surface area contributed by atoms with E-state index >= 15 is 0 Å². The van der Waals surface area contributed by atoms with Gasteiger partial charge in [0.1, 0.15) is 12.3 Å². The number of alkyl halides is 2. The van der Waals surface area contributed by atoms with Crippen LogP contribution in [0.3, 0.4) is 0 Å². The van der Waals surface area contributed by atoms with Crippen molar-refractivity contribution in [3.63, 3.8) is 0 Å². The minimum Gasteiger partial charge on any atom is -0.454 e. The van der Waals surface area contributed by atoms with Crippen molar-refractivity contribution in [2.45, 2.75) is 13.2 Å². The number of benzene rings is 1. The van der Waals surface area contributed by atoms with E-state index in [4.69, 9.17) is 9.47 Å². The number of nitro groups is 1. The largest absolute Gasteiger partial charge is 0.454 e. The van der Waals surface area contributed by atoms with E-state index in [0.717, 1.165) is 18.5 Å². The maximum absolute atomic E-state index is 12.8. The lowest BCUT2D eigenvalue weighted by atomic mass is 10.1. The third-order valence-corrected chi connectivity index (χ3v) is 4.05. The first-order valence-corrected chi connectivity index (χ1v) is 8.05. The zero-order valence-corrected chi connectivity index (χ0v) is 14.1. The molecule has 1 aliphatic rings. The second-order valence-corrected chi connectivity index (χ2v) is 5.66. The minimum atomic E-state index is -2.81. The first-order chi connectivity index (χ1) is 13.0. The number of halogens is 2. The molecule has 11 heteroatoms. The Hall–Kier alpha value is -3.08. The van der Waals surface area contributed by atoms with Gasteiger partial charge in [-0.1, -0.05) is 0 Å². The number of hydrogen-bond donors (Lipinski definition) is 0. The molecular weight excluding hydrogens is 366 g/mol. The lowest BCUT2D eigenvalue weighted by molar-refractivity contribution is -0.384. The van der Waals surface area contributed by atoms with E-state index in [-0.39, 0.29) is 17.1 Å². The maximum Gasteiger partial charge on any atom is 0.338 e. The molecule has 0 saturated carbocycles. The highest BCUT2D eigenvalue weighted by molar-refractivity contribution is 5.91. The van der Waals surface area contributed by atoms with Gasteiger partial charge in [0, 0.05) is 31.5 Å². The number of carbonyl (C=O) groups is 1. The van der Waals surface area contributed by atoms with Gasteiger partial charge in [0.05, 0.1) is 23.7 Å².